The molecule has 2 unspecified atom stereocenters. The van der Waals surface area contributed by atoms with E-state index in [0.717, 1.165) is 37.7 Å². The van der Waals surface area contributed by atoms with E-state index in [1.165, 1.54) is 18.4 Å². The minimum absolute atomic E-state index is 0.218. The number of esters is 1. The number of likely N-dealkylation sites (tertiary alicyclic amines) is 1. The van der Waals surface area contributed by atoms with Crippen LogP contribution in [0.25, 0.3) is 0 Å². The van der Waals surface area contributed by atoms with Gasteiger partial charge in [-0.2, -0.15) is 8.78 Å². The predicted molar refractivity (Wildman–Crippen MR) is 118 cm³/mol. The van der Waals surface area contributed by atoms with Gasteiger partial charge in [0.1, 0.15) is 0 Å². The summed E-state index contributed by atoms with van der Waals surface area (Å²) in [6.45, 7) is 4.51. The van der Waals surface area contributed by atoms with Gasteiger partial charge in [0.2, 0.25) is 0 Å². The molecule has 0 N–H and O–H groups in total. The summed E-state index contributed by atoms with van der Waals surface area (Å²) >= 11 is 0. The molecule has 1 heterocycles. The molecule has 1 aromatic rings. The van der Waals surface area contributed by atoms with Gasteiger partial charge in [0.25, 0.3) is 5.91 Å². The maximum Gasteiger partial charge on any atom is 0.337 e. The van der Waals surface area contributed by atoms with Crippen molar-refractivity contribution in [1.82, 2.24) is 4.90 Å². The maximum absolute atomic E-state index is 14.2. The topological polar surface area (TPSA) is 46.6 Å². The summed E-state index contributed by atoms with van der Waals surface area (Å²) in [6.07, 6.45) is 10.5. The van der Waals surface area contributed by atoms with Gasteiger partial charge < -0.3 is 9.64 Å². The molecule has 1 aliphatic rings. The number of methoxy groups -OCH3 is 1. The monoisotopic (exact) mass is 435 g/mol. The molecule has 1 aliphatic heterocycles. The summed E-state index contributed by atoms with van der Waals surface area (Å²) in [5.41, 5.74) is 1.31. The van der Waals surface area contributed by atoms with Gasteiger partial charge in [-0.1, -0.05) is 63.8 Å². The van der Waals surface area contributed by atoms with Gasteiger partial charge in [0.15, 0.2) is 0 Å². The lowest BCUT2D eigenvalue weighted by Gasteiger charge is -2.22. The van der Waals surface area contributed by atoms with E-state index in [-0.39, 0.29) is 6.54 Å². The van der Waals surface area contributed by atoms with E-state index in [0.29, 0.717) is 17.9 Å². The molecule has 0 spiro atoms. The Morgan fingerprint density at radius 1 is 1.19 bits per heavy atom. The van der Waals surface area contributed by atoms with E-state index in [4.69, 9.17) is 0 Å². The van der Waals surface area contributed by atoms with Crippen molar-refractivity contribution in [2.45, 2.75) is 77.2 Å². The van der Waals surface area contributed by atoms with Gasteiger partial charge in [0.05, 0.1) is 18.7 Å². The molecule has 0 aliphatic carbocycles. The fourth-order valence-electron chi connectivity index (χ4n) is 4.08. The number of alkyl halides is 2. The van der Waals surface area contributed by atoms with Crippen LogP contribution in [0.5, 0.6) is 0 Å². The molecule has 1 saturated heterocycles. The lowest BCUT2D eigenvalue weighted by molar-refractivity contribution is -0.148. The molecule has 31 heavy (non-hydrogen) atoms. The van der Waals surface area contributed by atoms with Crippen molar-refractivity contribution in [2.75, 3.05) is 13.7 Å². The van der Waals surface area contributed by atoms with Gasteiger partial charge in [-0.05, 0) is 42.9 Å². The highest BCUT2D eigenvalue weighted by Crippen LogP contribution is 2.34. The van der Waals surface area contributed by atoms with Crippen LogP contribution in [0, 0.1) is 5.92 Å². The zero-order valence-corrected chi connectivity index (χ0v) is 18.9. The Kier molecular flexibility index (Phi) is 9.66. The zero-order chi connectivity index (χ0) is 22.9. The fraction of sp³-hybridized carbons (Fsp3) is 0.600. The molecule has 1 aromatic carbocycles. The van der Waals surface area contributed by atoms with Crippen LogP contribution in [0.1, 0.15) is 74.7 Å². The molecule has 2 atom stereocenters. The number of halogens is 2. The Morgan fingerprint density at radius 2 is 1.90 bits per heavy atom. The van der Waals surface area contributed by atoms with Crippen LogP contribution in [0.15, 0.2) is 36.4 Å². The fourth-order valence-corrected chi connectivity index (χ4v) is 4.08. The molecule has 0 bridgehead atoms. The van der Waals surface area contributed by atoms with Crippen molar-refractivity contribution in [3.8, 4) is 0 Å². The molecule has 4 nitrogen and oxygen atoms in total. The van der Waals surface area contributed by atoms with Crippen LogP contribution in [-0.2, 0) is 16.0 Å². The average molecular weight is 436 g/mol. The molecule has 2 rings (SSSR count). The third kappa shape index (κ3) is 7.15. The van der Waals surface area contributed by atoms with Gasteiger partial charge in [0, 0.05) is 13.0 Å². The average Bonchev–Trinajstić information content (AvgIpc) is 2.98. The standard InChI is InChI=1S/C25H35F2NO3/c1-4-6-7-9-19(8-5-2)12-15-22-18-25(26,27)24(30)28(22)17-16-20-10-13-21(14-11-20)23(29)31-3/h10-15,19,22H,4-9,16-18H2,1-3H3/b15-12+. The molecule has 1 amide bonds. The molecule has 0 radical (unpaired) electrons. The molecule has 0 saturated carbocycles. The first-order valence-electron chi connectivity index (χ1n) is 11.4. The lowest BCUT2D eigenvalue weighted by Crippen LogP contribution is -2.37. The summed E-state index contributed by atoms with van der Waals surface area (Å²) in [4.78, 5) is 25.1. The highest BCUT2D eigenvalue weighted by molar-refractivity contribution is 5.89. The van der Waals surface area contributed by atoms with E-state index in [2.05, 4.69) is 24.7 Å². The maximum atomic E-state index is 14.2. The Morgan fingerprint density at radius 3 is 2.52 bits per heavy atom. The highest BCUT2D eigenvalue weighted by Gasteiger charge is 2.52. The normalized spacial score (nSPS) is 19.2. The van der Waals surface area contributed by atoms with E-state index in [1.54, 1.807) is 24.3 Å². The van der Waals surface area contributed by atoms with Crippen molar-refractivity contribution < 1.29 is 23.1 Å². The van der Waals surface area contributed by atoms with Crippen molar-refractivity contribution in [3.05, 3.63) is 47.5 Å². The summed E-state index contributed by atoms with van der Waals surface area (Å²) in [5.74, 6) is -4.46. The highest BCUT2D eigenvalue weighted by atomic mass is 19.3. The van der Waals surface area contributed by atoms with Gasteiger partial charge in [-0.25, -0.2) is 4.79 Å². The molecule has 6 heteroatoms. The van der Waals surface area contributed by atoms with Crippen molar-refractivity contribution in [3.63, 3.8) is 0 Å². The Bertz CT molecular complexity index is 746. The third-order valence-electron chi connectivity index (χ3n) is 5.90. The number of ether oxygens (including phenoxy) is 1. The Balaban J connectivity index is 2.04. The first-order valence-corrected chi connectivity index (χ1v) is 11.4. The van der Waals surface area contributed by atoms with Crippen LogP contribution in [0.3, 0.4) is 0 Å². The van der Waals surface area contributed by atoms with Crippen LogP contribution >= 0.6 is 0 Å². The van der Waals surface area contributed by atoms with Crippen LogP contribution < -0.4 is 0 Å². The summed E-state index contributed by atoms with van der Waals surface area (Å²) in [6, 6.07) is 6.24. The van der Waals surface area contributed by atoms with E-state index in [9.17, 15) is 18.4 Å². The summed E-state index contributed by atoms with van der Waals surface area (Å²) < 4.78 is 33.1. The largest absolute Gasteiger partial charge is 0.465 e. The number of benzene rings is 1. The van der Waals surface area contributed by atoms with Crippen LogP contribution in [-0.4, -0.2) is 42.4 Å². The van der Waals surface area contributed by atoms with Crippen molar-refractivity contribution in [1.29, 1.82) is 0 Å². The van der Waals surface area contributed by atoms with Crippen LogP contribution in [0.4, 0.5) is 8.78 Å². The second-order valence-corrected chi connectivity index (χ2v) is 8.34. The number of hydrogen-bond donors (Lipinski definition) is 0. The quantitative estimate of drug-likeness (QED) is 0.237. The van der Waals surface area contributed by atoms with E-state index in [1.807, 2.05) is 6.08 Å². The summed E-state index contributed by atoms with van der Waals surface area (Å²) in [7, 11) is 1.32. The number of nitrogens with zero attached hydrogens (tertiary/aromatic N) is 1. The molecule has 172 valence electrons. The van der Waals surface area contributed by atoms with Crippen molar-refractivity contribution in [2.24, 2.45) is 5.92 Å². The smallest absolute Gasteiger partial charge is 0.337 e. The second-order valence-electron chi connectivity index (χ2n) is 8.34. The van der Waals surface area contributed by atoms with Crippen LogP contribution in [0.2, 0.25) is 0 Å². The summed E-state index contributed by atoms with van der Waals surface area (Å²) in [5, 5.41) is 0. The number of amides is 1. The van der Waals surface area contributed by atoms with Gasteiger partial charge in [-0.15, -0.1) is 0 Å². The first-order chi connectivity index (χ1) is 14.8. The van der Waals surface area contributed by atoms with E-state index < -0.39 is 30.3 Å². The second kappa shape index (κ2) is 12.0. The SMILES string of the molecule is CCCCCC(/C=C/C1CC(F)(F)C(=O)N1CCc1ccc(C(=O)OC)cc1)CCC. The Labute approximate surface area is 184 Å². The number of carbonyl (C=O) groups is 2. The number of rotatable bonds is 12. The lowest BCUT2D eigenvalue weighted by atomic mass is 9.95. The minimum Gasteiger partial charge on any atom is -0.465 e. The predicted octanol–water partition coefficient (Wildman–Crippen LogP) is 5.80. The number of unbranched alkanes of at least 4 members (excludes halogenated alkanes) is 2. The van der Waals surface area contributed by atoms with Gasteiger partial charge >= 0.3 is 11.9 Å². The number of hydrogen-bond acceptors (Lipinski definition) is 3. The molecular weight excluding hydrogens is 400 g/mol. The zero-order valence-electron chi connectivity index (χ0n) is 18.9. The first kappa shape index (κ1) is 25.0. The number of carbonyl (C=O) groups excluding carboxylic acids is 2. The number of allylic oxidation sites excluding steroid dienone is 1. The third-order valence-corrected chi connectivity index (χ3v) is 5.90. The Hall–Kier alpha value is -2.24. The van der Waals surface area contributed by atoms with Crippen molar-refractivity contribution >= 4 is 11.9 Å². The molecule has 1 fully saturated rings. The van der Waals surface area contributed by atoms with Gasteiger partial charge in [-0.3, -0.25) is 4.79 Å². The molecule has 0 aromatic heterocycles. The molecular formula is C25H35F2NO3. The minimum atomic E-state index is -3.31. The van der Waals surface area contributed by atoms with E-state index >= 15 is 0 Å².